The van der Waals surface area contributed by atoms with Crippen molar-refractivity contribution in [2.75, 3.05) is 17.2 Å². The predicted octanol–water partition coefficient (Wildman–Crippen LogP) is 2.79. The first-order chi connectivity index (χ1) is 8.33. The van der Waals surface area contributed by atoms with E-state index >= 15 is 0 Å². The molecule has 1 aromatic rings. The highest BCUT2D eigenvalue weighted by Crippen LogP contribution is 2.37. The molecule has 0 bridgehead atoms. The molecule has 2 aliphatic heterocycles. The van der Waals surface area contributed by atoms with Crippen molar-refractivity contribution in [3.8, 4) is 0 Å². The minimum absolute atomic E-state index is 0.573. The van der Waals surface area contributed by atoms with Gasteiger partial charge in [-0.15, -0.1) is 0 Å². The van der Waals surface area contributed by atoms with Crippen LogP contribution >= 0.6 is 0 Å². The molecule has 94 valence electrons. The number of fused-ring (bicyclic) bond motifs is 3. The maximum absolute atomic E-state index is 4.76. The van der Waals surface area contributed by atoms with Crippen LogP contribution in [-0.4, -0.2) is 22.4 Å². The fraction of sp³-hybridized carbons (Fsp3) is 0.769. The zero-order valence-electron chi connectivity index (χ0n) is 10.8. The molecule has 2 atom stereocenters. The van der Waals surface area contributed by atoms with Crippen molar-refractivity contribution >= 4 is 11.6 Å². The van der Waals surface area contributed by atoms with E-state index in [1.807, 2.05) is 0 Å². The lowest BCUT2D eigenvalue weighted by atomic mass is 9.99. The van der Waals surface area contributed by atoms with Crippen molar-refractivity contribution in [2.24, 2.45) is 0 Å². The van der Waals surface area contributed by atoms with Gasteiger partial charge in [-0.1, -0.05) is 13.8 Å². The van der Waals surface area contributed by atoms with E-state index in [4.69, 9.17) is 5.10 Å². The number of aromatic nitrogens is 2. The van der Waals surface area contributed by atoms with E-state index in [0.29, 0.717) is 12.1 Å². The Labute approximate surface area is 103 Å². The quantitative estimate of drug-likeness (QED) is 0.827. The first-order valence-corrected chi connectivity index (χ1v) is 6.95. The van der Waals surface area contributed by atoms with Gasteiger partial charge in [0.1, 0.15) is 5.82 Å². The first-order valence-electron chi connectivity index (χ1n) is 6.95. The lowest BCUT2D eigenvalue weighted by Crippen LogP contribution is -2.32. The van der Waals surface area contributed by atoms with Gasteiger partial charge < -0.3 is 10.6 Å². The molecule has 2 N–H and O–H groups in total. The third-order valence-corrected chi connectivity index (χ3v) is 4.11. The van der Waals surface area contributed by atoms with Gasteiger partial charge >= 0.3 is 0 Å². The molecule has 0 fully saturated rings. The van der Waals surface area contributed by atoms with E-state index in [-0.39, 0.29) is 0 Å². The predicted molar refractivity (Wildman–Crippen MR) is 70.7 cm³/mol. The second kappa shape index (κ2) is 4.24. The summed E-state index contributed by atoms with van der Waals surface area (Å²) in [6, 6.07) is 1.19. The first kappa shape index (κ1) is 10.9. The Morgan fingerprint density at radius 2 is 2.24 bits per heavy atom. The minimum Gasteiger partial charge on any atom is -0.368 e. The third kappa shape index (κ3) is 1.70. The summed E-state index contributed by atoms with van der Waals surface area (Å²) >= 11 is 0. The summed E-state index contributed by atoms with van der Waals surface area (Å²) in [4.78, 5) is 0. The van der Waals surface area contributed by atoms with Crippen LogP contribution in [-0.2, 0) is 6.42 Å². The monoisotopic (exact) mass is 234 g/mol. The van der Waals surface area contributed by atoms with E-state index in [0.717, 1.165) is 18.8 Å². The molecule has 0 aliphatic carbocycles. The van der Waals surface area contributed by atoms with Crippen LogP contribution in [0.1, 0.15) is 51.1 Å². The molecule has 3 rings (SSSR count). The number of hydrogen-bond donors (Lipinski definition) is 2. The average Bonchev–Trinajstić information content (AvgIpc) is 2.76. The molecule has 4 nitrogen and oxygen atoms in total. The Morgan fingerprint density at radius 3 is 3.00 bits per heavy atom. The molecule has 0 saturated heterocycles. The van der Waals surface area contributed by atoms with Gasteiger partial charge in [0.05, 0.1) is 6.04 Å². The fourth-order valence-electron chi connectivity index (χ4n) is 3.03. The van der Waals surface area contributed by atoms with Gasteiger partial charge in [0.15, 0.2) is 5.82 Å². The Balaban J connectivity index is 2.01. The SMILES string of the molecule is CCC1CC(CC)n2nc3c(c2N1)CCCN3. The molecule has 4 heteroatoms. The van der Waals surface area contributed by atoms with Gasteiger partial charge in [-0.25, -0.2) is 4.68 Å². The van der Waals surface area contributed by atoms with Crippen molar-refractivity contribution in [1.82, 2.24) is 9.78 Å². The van der Waals surface area contributed by atoms with Crippen LogP contribution in [0.25, 0.3) is 0 Å². The topological polar surface area (TPSA) is 41.9 Å². The summed E-state index contributed by atoms with van der Waals surface area (Å²) in [7, 11) is 0. The van der Waals surface area contributed by atoms with Crippen molar-refractivity contribution in [3.63, 3.8) is 0 Å². The summed E-state index contributed by atoms with van der Waals surface area (Å²) < 4.78 is 2.23. The largest absolute Gasteiger partial charge is 0.368 e. The molecular weight excluding hydrogens is 212 g/mol. The van der Waals surface area contributed by atoms with Crippen LogP contribution < -0.4 is 10.6 Å². The lowest BCUT2D eigenvalue weighted by molar-refractivity contribution is 0.363. The summed E-state index contributed by atoms with van der Waals surface area (Å²) in [6.07, 6.45) is 5.97. The smallest absolute Gasteiger partial charge is 0.153 e. The van der Waals surface area contributed by atoms with Crippen LogP contribution in [0.2, 0.25) is 0 Å². The number of rotatable bonds is 2. The fourth-order valence-corrected chi connectivity index (χ4v) is 3.03. The van der Waals surface area contributed by atoms with Gasteiger partial charge in [0, 0.05) is 18.2 Å². The number of anilines is 2. The minimum atomic E-state index is 0.573. The molecule has 0 amide bonds. The van der Waals surface area contributed by atoms with Crippen LogP contribution in [0, 0.1) is 0 Å². The Kier molecular flexibility index (Phi) is 2.73. The zero-order chi connectivity index (χ0) is 11.8. The van der Waals surface area contributed by atoms with Crippen molar-refractivity contribution in [2.45, 2.75) is 58.0 Å². The normalized spacial score (nSPS) is 26.7. The maximum Gasteiger partial charge on any atom is 0.153 e. The van der Waals surface area contributed by atoms with Crippen molar-refractivity contribution in [1.29, 1.82) is 0 Å². The summed E-state index contributed by atoms with van der Waals surface area (Å²) in [5, 5.41) is 11.9. The second-order valence-corrected chi connectivity index (χ2v) is 5.20. The van der Waals surface area contributed by atoms with Gasteiger partial charge in [-0.2, -0.15) is 5.10 Å². The Bertz CT molecular complexity index is 410. The molecule has 2 aliphatic rings. The van der Waals surface area contributed by atoms with E-state index in [9.17, 15) is 0 Å². The van der Waals surface area contributed by atoms with Crippen molar-refractivity contribution in [3.05, 3.63) is 5.56 Å². The van der Waals surface area contributed by atoms with E-state index in [1.165, 1.54) is 37.1 Å². The molecular formula is C13H22N4. The Hall–Kier alpha value is -1.19. The highest BCUT2D eigenvalue weighted by molar-refractivity contribution is 5.61. The van der Waals surface area contributed by atoms with Crippen LogP contribution in [0.5, 0.6) is 0 Å². The standard InChI is InChI=1S/C13H22N4/c1-3-9-8-10(4-2)17-13(15-9)11-6-5-7-14-12(11)16-17/h9-10,15H,3-8H2,1-2H3,(H,14,16). The molecule has 3 heterocycles. The molecule has 0 radical (unpaired) electrons. The highest BCUT2D eigenvalue weighted by Gasteiger charge is 2.30. The Morgan fingerprint density at radius 1 is 1.35 bits per heavy atom. The molecule has 0 aromatic carbocycles. The summed E-state index contributed by atoms with van der Waals surface area (Å²) in [5.41, 5.74) is 1.41. The second-order valence-electron chi connectivity index (χ2n) is 5.20. The number of nitrogens with one attached hydrogen (secondary N) is 2. The van der Waals surface area contributed by atoms with Crippen LogP contribution in [0.4, 0.5) is 11.6 Å². The molecule has 0 spiro atoms. The molecule has 2 unspecified atom stereocenters. The summed E-state index contributed by atoms with van der Waals surface area (Å²) in [6.45, 7) is 5.60. The molecule has 17 heavy (non-hydrogen) atoms. The zero-order valence-corrected chi connectivity index (χ0v) is 10.8. The van der Waals surface area contributed by atoms with E-state index < -0.39 is 0 Å². The van der Waals surface area contributed by atoms with Gasteiger partial charge in [-0.3, -0.25) is 0 Å². The lowest BCUT2D eigenvalue weighted by Gasteiger charge is -2.31. The highest BCUT2D eigenvalue weighted by atomic mass is 15.4. The molecule has 0 saturated carbocycles. The van der Waals surface area contributed by atoms with Gasteiger partial charge in [-0.05, 0) is 32.1 Å². The van der Waals surface area contributed by atoms with E-state index in [2.05, 4.69) is 29.2 Å². The van der Waals surface area contributed by atoms with Gasteiger partial charge in [0.2, 0.25) is 0 Å². The number of nitrogens with zero attached hydrogens (tertiary/aromatic N) is 2. The summed E-state index contributed by atoms with van der Waals surface area (Å²) in [5.74, 6) is 2.41. The van der Waals surface area contributed by atoms with Gasteiger partial charge in [0.25, 0.3) is 0 Å². The number of hydrogen-bond acceptors (Lipinski definition) is 3. The van der Waals surface area contributed by atoms with Crippen molar-refractivity contribution < 1.29 is 0 Å². The van der Waals surface area contributed by atoms with Crippen LogP contribution in [0.15, 0.2) is 0 Å². The average molecular weight is 234 g/mol. The molecule has 1 aromatic heterocycles. The maximum atomic E-state index is 4.76. The van der Waals surface area contributed by atoms with Crippen LogP contribution in [0.3, 0.4) is 0 Å². The van der Waals surface area contributed by atoms with E-state index in [1.54, 1.807) is 0 Å². The third-order valence-electron chi connectivity index (χ3n) is 4.11.